The second-order valence-corrected chi connectivity index (χ2v) is 5.86. The molecule has 0 saturated heterocycles. The summed E-state index contributed by atoms with van der Waals surface area (Å²) < 4.78 is 11.0. The van der Waals surface area contributed by atoms with Gasteiger partial charge in [-0.15, -0.1) is 0 Å². The molecule has 4 nitrogen and oxygen atoms in total. The minimum Gasteiger partial charge on any atom is -0.494 e. The van der Waals surface area contributed by atoms with E-state index in [1.165, 1.54) is 6.08 Å². The maximum Gasteiger partial charge on any atom is 0.244 e. The Morgan fingerprint density at radius 1 is 1.04 bits per heavy atom. The molecule has 1 N–H and O–H groups in total. The van der Waals surface area contributed by atoms with E-state index in [2.05, 4.69) is 5.32 Å². The fraction of sp³-hybridized carbons (Fsp3) is 0.286. The molecule has 0 saturated carbocycles. The topological polar surface area (TPSA) is 47.6 Å². The van der Waals surface area contributed by atoms with E-state index in [1.807, 2.05) is 69.3 Å². The van der Waals surface area contributed by atoms with Crippen molar-refractivity contribution in [3.8, 4) is 11.5 Å². The Hall–Kier alpha value is -2.75. The maximum atomic E-state index is 11.9. The number of hydrogen-bond acceptors (Lipinski definition) is 3. The summed E-state index contributed by atoms with van der Waals surface area (Å²) in [6.45, 7) is 7.05. The van der Waals surface area contributed by atoms with Gasteiger partial charge in [-0.2, -0.15) is 0 Å². The van der Waals surface area contributed by atoms with Gasteiger partial charge in [0, 0.05) is 12.6 Å². The van der Waals surface area contributed by atoms with Crippen LogP contribution in [0.5, 0.6) is 11.5 Å². The molecule has 0 fully saturated rings. The fourth-order valence-corrected chi connectivity index (χ4v) is 2.22. The van der Waals surface area contributed by atoms with Gasteiger partial charge in [-0.25, -0.2) is 0 Å². The number of rotatable bonds is 8. The van der Waals surface area contributed by atoms with E-state index < -0.39 is 0 Å². The average molecular weight is 339 g/mol. The van der Waals surface area contributed by atoms with Gasteiger partial charge >= 0.3 is 0 Å². The van der Waals surface area contributed by atoms with Crippen LogP contribution < -0.4 is 14.8 Å². The van der Waals surface area contributed by atoms with Crippen molar-refractivity contribution in [1.82, 2.24) is 5.32 Å². The molecule has 2 aromatic rings. The van der Waals surface area contributed by atoms with Gasteiger partial charge in [0.05, 0.1) is 12.7 Å². The number of amides is 1. The van der Waals surface area contributed by atoms with Crippen molar-refractivity contribution in [1.29, 1.82) is 0 Å². The lowest BCUT2D eigenvalue weighted by atomic mass is 10.2. The molecule has 0 aliphatic carbocycles. The van der Waals surface area contributed by atoms with Crippen LogP contribution in [0.3, 0.4) is 0 Å². The lowest BCUT2D eigenvalue weighted by Crippen LogP contribution is -2.20. The largest absolute Gasteiger partial charge is 0.494 e. The SMILES string of the molecule is CCOc1ccc(/C=C/C(=O)NCc2ccc(OC(C)C)cc2)cc1. The monoisotopic (exact) mass is 339 g/mol. The fourth-order valence-electron chi connectivity index (χ4n) is 2.22. The van der Waals surface area contributed by atoms with E-state index in [9.17, 15) is 4.79 Å². The average Bonchev–Trinajstić information content (AvgIpc) is 2.60. The Kier molecular flexibility index (Phi) is 7.08. The molecule has 4 heteroatoms. The van der Waals surface area contributed by atoms with Crippen molar-refractivity contribution in [2.45, 2.75) is 33.4 Å². The molecular weight excluding hydrogens is 314 g/mol. The predicted octanol–water partition coefficient (Wildman–Crippen LogP) is 4.20. The summed E-state index contributed by atoms with van der Waals surface area (Å²) in [5, 5.41) is 2.87. The molecule has 0 aliphatic heterocycles. The number of nitrogens with one attached hydrogen (secondary N) is 1. The van der Waals surface area contributed by atoms with Gasteiger partial charge in [-0.3, -0.25) is 4.79 Å². The zero-order valence-corrected chi connectivity index (χ0v) is 15.0. The third kappa shape index (κ3) is 6.71. The highest BCUT2D eigenvalue weighted by Gasteiger charge is 2.00. The van der Waals surface area contributed by atoms with E-state index in [0.717, 1.165) is 22.6 Å². The lowest BCUT2D eigenvalue weighted by Gasteiger charge is -2.10. The van der Waals surface area contributed by atoms with E-state index in [-0.39, 0.29) is 12.0 Å². The number of benzene rings is 2. The highest BCUT2D eigenvalue weighted by atomic mass is 16.5. The smallest absolute Gasteiger partial charge is 0.244 e. The van der Waals surface area contributed by atoms with Crippen LogP contribution in [0.1, 0.15) is 31.9 Å². The molecule has 25 heavy (non-hydrogen) atoms. The van der Waals surface area contributed by atoms with Crippen LogP contribution in [0.15, 0.2) is 54.6 Å². The van der Waals surface area contributed by atoms with Gasteiger partial charge in [0.25, 0.3) is 0 Å². The van der Waals surface area contributed by atoms with Crippen LogP contribution in [0.2, 0.25) is 0 Å². The van der Waals surface area contributed by atoms with E-state index in [0.29, 0.717) is 13.2 Å². The second-order valence-electron chi connectivity index (χ2n) is 5.86. The van der Waals surface area contributed by atoms with E-state index in [4.69, 9.17) is 9.47 Å². The number of carbonyl (C=O) groups excluding carboxylic acids is 1. The number of ether oxygens (including phenoxy) is 2. The quantitative estimate of drug-likeness (QED) is 0.733. The van der Waals surface area contributed by atoms with E-state index >= 15 is 0 Å². The number of hydrogen-bond donors (Lipinski definition) is 1. The van der Waals surface area contributed by atoms with E-state index in [1.54, 1.807) is 6.08 Å². The summed E-state index contributed by atoms with van der Waals surface area (Å²) >= 11 is 0. The molecule has 0 heterocycles. The van der Waals surface area contributed by atoms with Gasteiger partial charge in [0.1, 0.15) is 11.5 Å². The molecule has 2 rings (SSSR count). The van der Waals surface area contributed by atoms with Gasteiger partial charge < -0.3 is 14.8 Å². The molecule has 0 unspecified atom stereocenters. The molecular formula is C21H25NO3. The molecule has 2 aromatic carbocycles. The summed E-state index contributed by atoms with van der Waals surface area (Å²) in [5.41, 5.74) is 1.98. The zero-order valence-electron chi connectivity index (χ0n) is 15.0. The zero-order chi connectivity index (χ0) is 18.1. The highest BCUT2D eigenvalue weighted by molar-refractivity contribution is 5.91. The summed E-state index contributed by atoms with van der Waals surface area (Å²) in [6.07, 6.45) is 3.47. The summed E-state index contributed by atoms with van der Waals surface area (Å²) in [6, 6.07) is 15.4. The van der Waals surface area contributed by atoms with Crippen molar-refractivity contribution in [3.05, 3.63) is 65.7 Å². The first kappa shape index (κ1) is 18.6. The molecule has 0 aliphatic rings. The van der Waals surface area contributed by atoms with Gasteiger partial charge in [-0.1, -0.05) is 24.3 Å². The predicted molar refractivity (Wildman–Crippen MR) is 101 cm³/mol. The Morgan fingerprint density at radius 3 is 2.28 bits per heavy atom. The first-order valence-corrected chi connectivity index (χ1v) is 8.51. The second kappa shape index (κ2) is 9.52. The Bertz CT molecular complexity index is 688. The van der Waals surface area contributed by atoms with Gasteiger partial charge in [0.2, 0.25) is 5.91 Å². The van der Waals surface area contributed by atoms with Crippen LogP contribution in [0, 0.1) is 0 Å². The Balaban J connectivity index is 1.81. The van der Waals surface area contributed by atoms with Crippen LogP contribution in [0.25, 0.3) is 6.08 Å². The van der Waals surface area contributed by atoms with Crippen molar-refractivity contribution in [3.63, 3.8) is 0 Å². The van der Waals surface area contributed by atoms with Crippen molar-refractivity contribution < 1.29 is 14.3 Å². The van der Waals surface area contributed by atoms with Crippen molar-refractivity contribution >= 4 is 12.0 Å². The molecule has 0 atom stereocenters. The molecule has 0 aromatic heterocycles. The maximum absolute atomic E-state index is 11.9. The van der Waals surface area contributed by atoms with Crippen LogP contribution in [-0.2, 0) is 11.3 Å². The Labute approximate surface area is 149 Å². The third-order valence-electron chi connectivity index (χ3n) is 3.38. The van der Waals surface area contributed by atoms with Crippen molar-refractivity contribution in [2.75, 3.05) is 6.61 Å². The van der Waals surface area contributed by atoms with Crippen LogP contribution in [0.4, 0.5) is 0 Å². The lowest BCUT2D eigenvalue weighted by molar-refractivity contribution is -0.116. The summed E-state index contributed by atoms with van der Waals surface area (Å²) in [5.74, 6) is 1.53. The molecule has 0 spiro atoms. The first-order valence-electron chi connectivity index (χ1n) is 8.51. The summed E-state index contributed by atoms with van der Waals surface area (Å²) in [4.78, 5) is 11.9. The standard InChI is InChI=1S/C21H25NO3/c1-4-24-19-10-5-17(6-11-19)9-14-21(23)22-15-18-7-12-20(13-8-18)25-16(2)3/h5-14,16H,4,15H2,1-3H3,(H,22,23)/b14-9+. The molecule has 0 bridgehead atoms. The number of carbonyl (C=O) groups is 1. The Morgan fingerprint density at radius 2 is 1.68 bits per heavy atom. The van der Waals surface area contributed by atoms with Crippen LogP contribution in [-0.4, -0.2) is 18.6 Å². The molecule has 132 valence electrons. The van der Waals surface area contributed by atoms with Gasteiger partial charge in [0.15, 0.2) is 0 Å². The normalized spacial score (nSPS) is 10.9. The minimum absolute atomic E-state index is 0.128. The summed E-state index contributed by atoms with van der Waals surface area (Å²) in [7, 11) is 0. The van der Waals surface area contributed by atoms with Gasteiger partial charge in [-0.05, 0) is 62.2 Å². The first-order chi connectivity index (χ1) is 12.1. The van der Waals surface area contributed by atoms with Crippen LogP contribution >= 0.6 is 0 Å². The molecule has 0 radical (unpaired) electrons. The highest BCUT2D eigenvalue weighted by Crippen LogP contribution is 2.14. The minimum atomic E-state index is -0.128. The molecule has 1 amide bonds. The van der Waals surface area contributed by atoms with Crippen molar-refractivity contribution in [2.24, 2.45) is 0 Å². The third-order valence-corrected chi connectivity index (χ3v) is 3.38.